The molecule has 1 aliphatic rings. The van der Waals surface area contributed by atoms with E-state index in [1.54, 1.807) is 11.9 Å². The summed E-state index contributed by atoms with van der Waals surface area (Å²) in [6.45, 7) is 1.51. The molecule has 0 atom stereocenters. The third-order valence-corrected chi connectivity index (χ3v) is 3.58. The molecule has 0 bridgehead atoms. The topological polar surface area (TPSA) is 49.8 Å². The van der Waals surface area contributed by atoms with Gasteiger partial charge in [0.2, 0.25) is 5.91 Å². The van der Waals surface area contributed by atoms with E-state index in [1.807, 2.05) is 30.3 Å². The van der Waals surface area contributed by atoms with Crippen molar-refractivity contribution in [3.05, 3.63) is 35.9 Å². The Bertz CT molecular complexity index is 413. The molecule has 1 aromatic carbocycles. The van der Waals surface area contributed by atoms with Crippen LogP contribution in [0, 0.1) is 0 Å². The summed E-state index contributed by atoms with van der Waals surface area (Å²) in [4.78, 5) is 13.7. The molecule has 4 nitrogen and oxygen atoms in total. The van der Waals surface area contributed by atoms with Crippen molar-refractivity contribution in [1.29, 1.82) is 0 Å². The second-order valence-electron chi connectivity index (χ2n) is 5.25. The van der Waals surface area contributed by atoms with E-state index in [1.165, 1.54) is 0 Å². The van der Waals surface area contributed by atoms with Gasteiger partial charge in [-0.2, -0.15) is 0 Å². The molecule has 19 heavy (non-hydrogen) atoms. The second-order valence-corrected chi connectivity index (χ2v) is 5.25. The highest BCUT2D eigenvalue weighted by Gasteiger charge is 2.32. The number of hydrogen-bond acceptors (Lipinski definition) is 3. The van der Waals surface area contributed by atoms with Gasteiger partial charge in [0.25, 0.3) is 0 Å². The lowest BCUT2D eigenvalue weighted by molar-refractivity contribution is -0.136. The highest BCUT2D eigenvalue weighted by atomic mass is 16.5. The maximum absolute atomic E-state index is 12.1. The summed E-state index contributed by atoms with van der Waals surface area (Å²) in [5.41, 5.74) is 0.206. The quantitative estimate of drug-likeness (QED) is 0.889. The number of carbonyl (C=O) groups excluding carboxylic acids is 1. The summed E-state index contributed by atoms with van der Waals surface area (Å²) in [6.07, 6.45) is 1.57. The predicted octanol–water partition coefficient (Wildman–Crippen LogP) is 1.23. The summed E-state index contributed by atoms with van der Waals surface area (Å²) in [5, 5.41) is 10.4. The van der Waals surface area contributed by atoms with E-state index in [2.05, 4.69) is 0 Å². The smallest absolute Gasteiger partial charge is 0.226 e. The summed E-state index contributed by atoms with van der Waals surface area (Å²) in [7, 11) is 1.75. The molecule has 0 radical (unpaired) electrons. The minimum Gasteiger partial charge on any atom is -0.388 e. The summed E-state index contributed by atoms with van der Waals surface area (Å²) < 4.78 is 5.24. The van der Waals surface area contributed by atoms with E-state index >= 15 is 0 Å². The van der Waals surface area contributed by atoms with E-state index < -0.39 is 5.60 Å². The second kappa shape index (κ2) is 6.17. The van der Waals surface area contributed by atoms with Gasteiger partial charge in [0.15, 0.2) is 0 Å². The van der Waals surface area contributed by atoms with E-state index in [9.17, 15) is 9.90 Å². The number of nitrogens with zero attached hydrogens (tertiary/aromatic N) is 1. The van der Waals surface area contributed by atoms with Crippen LogP contribution in [-0.4, -0.2) is 48.3 Å². The Morgan fingerprint density at radius 1 is 1.32 bits per heavy atom. The first-order chi connectivity index (χ1) is 9.09. The Hall–Kier alpha value is -1.39. The van der Waals surface area contributed by atoms with Gasteiger partial charge >= 0.3 is 0 Å². The lowest BCUT2D eigenvalue weighted by Crippen LogP contribution is -2.47. The average molecular weight is 263 g/mol. The van der Waals surface area contributed by atoms with Crippen LogP contribution in [0.1, 0.15) is 18.4 Å². The third kappa shape index (κ3) is 4.04. The summed E-state index contributed by atoms with van der Waals surface area (Å²) in [5.74, 6) is 0.0334. The number of carbonyl (C=O) groups is 1. The first-order valence-corrected chi connectivity index (χ1v) is 6.67. The van der Waals surface area contributed by atoms with Crippen LogP contribution >= 0.6 is 0 Å². The Balaban J connectivity index is 1.88. The monoisotopic (exact) mass is 263 g/mol. The van der Waals surface area contributed by atoms with E-state index in [-0.39, 0.29) is 5.91 Å². The fourth-order valence-electron chi connectivity index (χ4n) is 2.34. The molecule has 1 amide bonds. The third-order valence-electron chi connectivity index (χ3n) is 3.58. The Kier molecular flexibility index (Phi) is 4.56. The normalized spacial score (nSPS) is 18.0. The van der Waals surface area contributed by atoms with Crippen LogP contribution in [-0.2, 0) is 16.0 Å². The number of aliphatic hydroxyl groups is 1. The molecule has 1 aliphatic heterocycles. The first-order valence-electron chi connectivity index (χ1n) is 6.67. The average Bonchev–Trinajstić information content (AvgIpc) is 2.40. The molecule has 0 aromatic heterocycles. The molecule has 0 saturated carbocycles. The van der Waals surface area contributed by atoms with Gasteiger partial charge < -0.3 is 14.7 Å². The predicted molar refractivity (Wildman–Crippen MR) is 72.8 cm³/mol. The molecule has 1 aromatic rings. The van der Waals surface area contributed by atoms with Crippen LogP contribution in [0.15, 0.2) is 30.3 Å². The fourth-order valence-corrected chi connectivity index (χ4v) is 2.34. The molecule has 4 heteroatoms. The Morgan fingerprint density at radius 2 is 1.95 bits per heavy atom. The van der Waals surface area contributed by atoms with Gasteiger partial charge in [-0.05, 0) is 5.56 Å². The minimum atomic E-state index is -0.792. The van der Waals surface area contributed by atoms with Crippen molar-refractivity contribution < 1.29 is 14.6 Å². The maximum Gasteiger partial charge on any atom is 0.226 e. The molecular formula is C15H21NO3. The summed E-state index contributed by atoms with van der Waals surface area (Å²) in [6, 6.07) is 9.66. The highest BCUT2D eigenvalue weighted by Crippen LogP contribution is 2.21. The highest BCUT2D eigenvalue weighted by molar-refractivity contribution is 5.78. The molecule has 1 heterocycles. The largest absolute Gasteiger partial charge is 0.388 e. The SMILES string of the molecule is CN(CC1(O)CCOCC1)C(=O)Cc1ccccc1. The minimum absolute atomic E-state index is 0.0334. The molecule has 2 rings (SSSR count). The van der Waals surface area contributed by atoms with E-state index in [0.717, 1.165) is 5.56 Å². The van der Waals surface area contributed by atoms with Crippen LogP contribution in [0.25, 0.3) is 0 Å². The Morgan fingerprint density at radius 3 is 2.58 bits per heavy atom. The molecule has 1 N–H and O–H groups in total. The maximum atomic E-state index is 12.1. The number of likely N-dealkylation sites (N-methyl/N-ethyl adjacent to an activating group) is 1. The van der Waals surface area contributed by atoms with Gasteiger partial charge in [0.1, 0.15) is 0 Å². The van der Waals surface area contributed by atoms with Crippen molar-refractivity contribution in [2.45, 2.75) is 24.9 Å². The number of amides is 1. The zero-order valence-corrected chi connectivity index (χ0v) is 11.3. The van der Waals surface area contributed by atoms with Gasteiger partial charge in [-0.1, -0.05) is 30.3 Å². The molecular weight excluding hydrogens is 242 g/mol. The van der Waals surface area contributed by atoms with Crippen molar-refractivity contribution >= 4 is 5.91 Å². The number of ether oxygens (including phenoxy) is 1. The lowest BCUT2D eigenvalue weighted by Gasteiger charge is -2.35. The van der Waals surface area contributed by atoms with Crippen molar-refractivity contribution in [3.63, 3.8) is 0 Å². The van der Waals surface area contributed by atoms with Crippen LogP contribution in [0.4, 0.5) is 0 Å². The summed E-state index contributed by atoms with van der Waals surface area (Å²) >= 11 is 0. The van der Waals surface area contributed by atoms with Crippen LogP contribution in [0.2, 0.25) is 0 Å². The number of hydrogen-bond donors (Lipinski definition) is 1. The number of benzene rings is 1. The van der Waals surface area contributed by atoms with Crippen LogP contribution in [0.3, 0.4) is 0 Å². The molecule has 0 unspecified atom stereocenters. The van der Waals surface area contributed by atoms with Gasteiger partial charge in [0, 0.05) is 39.6 Å². The van der Waals surface area contributed by atoms with Crippen LogP contribution in [0.5, 0.6) is 0 Å². The number of rotatable bonds is 4. The van der Waals surface area contributed by atoms with E-state index in [4.69, 9.17) is 4.74 Å². The first kappa shape index (κ1) is 14.0. The van der Waals surface area contributed by atoms with E-state index in [0.29, 0.717) is 39.0 Å². The van der Waals surface area contributed by atoms with Gasteiger partial charge in [-0.25, -0.2) is 0 Å². The molecule has 104 valence electrons. The lowest BCUT2D eigenvalue weighted by atomic mass is 9.94. The van der Waals surface area contributed by atoms with Crippen molar-refractivity contribution in [3.8, 4) is 0 Å². The molecule has 0 aliphatic carbocycles. The zero-order valence-electron chi connectivity index (χ0n) is 11.3. The standard InChI is InChI=1S/C15H21NO3/c1-16(12-15(18)7-9-19-10-8-15)14(17)11-13-5-3-2-4-6-13/h2-6,18H,7-12H2,1H3. The molecule has 1 saturated heterocycles. The van der Waals surface area contributed by atoms with Gasteiger partial charge in [0.05, 0.1) is 12.0 Å². The van der Waals surface area contributed by atoms with Crippen LogP contribution < -0.4 is 0 Å². The fraction of sp³-hybridized carbons (Fsp3) is 0.533. The Labute approximate surface area is 114 Å². The van der Waals surface area contributed by atoms with Gasteiger partial charge in [-0.3, -0.25) is 4.79 Å². The van der Waals surface area contributed by atoms with Crippen molar-refractivity contribution in [2.24, 2.45) is 0 Å². The molecule has 1 fully saturated rings. The van der Waals surface area contributed by atoms with Crippen molar-refractivity contribution in [1.82, 2.24) is 4.90 Å². The van der Waals surface area contributed by atoms with Gasteiger partial charge in [-0.15, -0.1) is 0 Å². The van der Waals surface area contributed by atoms with Crippen molar-refractivity contribution in [2.75, 3.05) is 26.8 Å². The molecule has 0 spiro atoms. The zero-order chi connectivity index (χ0) is 13.7.